The van der Waals surface area contributed by atoms with E-state index in [9.17, 15) is 13.2 Å². The van der Waals surface area contributed by atoms with Gasteiger partial charge in [0.2, 0.25) is 0 Å². The number of rotatable bonds is 9. The van der Waals surface area contributed by atoms with Crippen molar-refractivity contribution in [2.24, 2.45) is 10.7 Å². The van der Waals surface area contributed by atoms with E-state index in [0.29, 0.717) is 32.0 Å². The number of unbranched alkanes of at least 4 members (excludes halogenated alkanes) is 5. The maximum atomic E-state index is 12.3. The highest BCUT2D eigenvalue weighted by atomic mass is 127. The zero-order valence-corrected chi connectivity index (χ0v) is 16.2. The maximum Gasteiger partial charge on any atom is 0.401 e. The van der Waals surface area contributed by atoms with Crippen LogP contribution in [-0.2, 0) is 0 Å². The first kappa shape index (κ1) is 22.8. The molecular weight excluding hydrogens is 420 g/mol. The molecule has 1 heterocycles. The SMILES string of the molecule is CCCCCCCCN=C(N)NC1CCN(CC(F)(F)F)C1.I. The number of nitrogens with two attached hydrogens (primary N) is 1. The first-order chi connectivity index (χ1) is 10.4. The lowest BCUT2D eigenvalue weighted by molar-refractivity contribution is -0.143. The molecule has 1 unspecified atom stereocenters. The summed E-state index contributed by atoms with van der Waals surface area (Å²) >= 11 is 0. The molecule has 0 aromatic carbocycles. The van der Waals surface area contributed by atoms with E-state index in [1.807, 2.05) is 0 Å². The standard InChI is InChI=1S/C15H29F3N4.HI/c1-2-3-4-5-6-7-9-20-14(19)21-13-8-10-22(11-13)12-15(16,17)18;/h13H,2-12H2,1H3,(H3,19,20,21);1H. The third-order valence-corrected chi connectivity index (χ3v) is 3.82. The Morgan fingerprint density at radius 3 is 2.52 bits per heavy atom. The lowest BCUT2D eigenvalue weighted by Crippen LogP contribution is -2.42. The lowest BCUT2D eigenvalue weighted by atomic mass is 10.1. The van der Waals surface area contributed by atoms with Crippen LogP contribution >= 0.6 is 24.0 Å². The maximum absolute atomic E-state index is 12.3. The Morgan fingerprint density at radius 2 is 1.87 bits per heavy atom. The summed E-state index contributed by atoms with van der Waals surface area (Å²) in [5.74, 6) is 0.354. The highest BCUT2D eigenvalue weighted by Crippen LogP contribution is 2.19. The van der Waals surface area contributed by atoms with Crippen molar-refractivity contribution in [3.05, 3.63) is 0 Å². The van der Waals surface area contributed by atoms with Crippen molar-refractivity contribution in [3.63, 3.8) is 0 Å². The minimum absolute atomic E-state index is 0. The summed E-state index contributed by atoms with van der Waals surface area (Å²) in [5.41, 5.74) is 5.79. The molecule has 1 fully saturated rings. The minimum Gasteiger partial charge on any atom is -0.370 e. The van der Waals surface area contributed by atoms with Crippen LogP contribution in [0.1, 0.15) is 51.9 Å². The van der Waals surface area contributed by atoms with Crippen LogP contribution in [0.15, 0.2) is 4.99 Å². The highest BCUT2D eigenvalue weighted by Gasteiger charge is 2.34. The summed E-state index contributed by atoms with van der Waals surface area (Å²) in [6, 6.07) is -0.0318. The van der Waals surface area contributed by atoms with Gasteiger partial charge < -0.3 is 11.1 Å². The molecule has 0 saturated carbocycles. The van der Waals surface area contributed by atoms with E-state index < -0.39 is 12.7 Å². The number of likely N-dealkylation sites (tertiary alicyclic amines) is 1. The van der Waals surface area contributed by atoms with Gasteiger partial charge in [0.25, 0.3) is 0 Å². The molecule has 138 valence electrons. The molecule has 1 rings (SSSR count). The third-order valence-electron chi connectivity index (χ3n) is 3.82. The van der Waals surface area contributed by atoms with E-state index in [0.717, 1.165) is 12.8 Å². The third kappa shape index (κ3) is 11.9. The quantitative estimate of drug-likeness (QED) is 0.245. The largest absolute Gasteiger partial charge is 0.401 e. The van der Waals surface area contributed by atoms with E-state index in [2.05, 4.69) is 17.2 Å². The number of guanidine groups is 1. The first-order valence-corrected chi connectivity index (χ1v) is 8.26. The fourth-order valence-corrected chi connectivity index (χ4v) is 2.69. The van der Waals surface area contributed by atoms with Gasteiger partial charge in [-0.05, 0) is 12.8 Å². The summed E-state index contributed by atoms with van der Waals surface area (Å²) in [5, 5.41) is 3.02. The molecule has 4 nitrogen and oxygen atoms in total. The number of alkyl halides is 3. The van der Waals surface area contributed by atoms with Gasteiger partial charge in [0.05, 0.1) is 6.54 Å². The van der Waals surface area contributed by atoms with Crippen LogP contribution in [-0.4, -0.2) is 49.3 Å². The smallest absolute Gasteiger partial charge is 0.370 e. The fraction of sp³-hybridized carbons (Fsp3) is 0.933. The van der Waals surface area contributed by atoms with E-state index >= 15 is 0 Å². The van der Waals surface area contributed by atoms with Gasteiger partial charge in [-0.3, -0.25) is 9.89 Å². The van der Waals surface area contributed by atoms with Gasteiger partial charge in [-0.1, -0.05) is 39.0 Å². The Hall–Kier alpha value is -0.250. The van der Waals surface area contributed by atoms with Crippen LogP contribution in [0, 0.1) is 0 Å². The predicted octanol–water partition coefficient (Wildman–Crippen LogP) is 3.51. The number of hydrogen-bond acceptors (Lipinski definition) is 2. The number of aliphatic imine (C=N–C) groups is 1. The second-order valence-electron chi connectivity index (χ2n) is 6.01. The summed E-state index contributed by atoms with van der Waals surface area (Å²) in [6.07, 6.45) is 3.72. The zero-order chi connectivity index (χ0) is 16.4. The Morgan fingerprint density at radius 1 is 1.22 bits per heavy atom. The van der Waals surface area contributed by atoms with E-state index in [4.69, 9.17) is 5.73 Å². The molecule has 1 atom stereocenters. The van der Waals surface area contributed by atoms with Crippen molar-refractivity contribution in [2.45, 2.75) is 64.1 Å². The Bertz CT molecular complexity index is 337. The first-order valence-electron chi connectivity index (χ1n) is 8.26. The molecule has 0 amide bonds. The van der Waals surface area contributed by atoms with Crippen LogP contribution in [0.2, 0.25) is 0 Å². The molecule has 1 aliphatic rings. The van der Waals surface area contributed by atoms with Crippen molar-refractivity contribution >= 4 is 29.9 Å². The molecule has 1 aliphatic heterocycles. The number of nitrogens with zero attached hydrogens (tertiary/aromatic N) is 2. The molecule has 0 aliphatic carbocycles. The average Bonchev–Trinajstić information content (AvgIpc) is 2.82. The second kappa shape index (κ2) is 12.2. The van der Waals surface area contributed by atoms with Crippen molar-refractivity contribution in [1.82, 2.24) is 10.2 Å². The van der Waals surface area contributed by atoms with E-state index in [-0.39, 0.29) is 30.0 Å². The zero-order valence-electron chi connectivity index (χ0n) is 13.9. The fourth-order valence-electron chi connectivity index (χ4n) is 2.69. The van der Waals surface area contributed by atoms with Crippen LogP contribution in [0.5, 0.6) is 0 Å². The molecule has 0 radical (unpaired) electrons. The Balaban J connectivity index is 0.00000484. The molecule has 0 aromatic heterocycles. The molecule has 0 bridgehead atoms. The van der Waals surface area contributed by atoms with Gasteiger partial charge in [0.1, 0.15) is 0 Å². The molecule has 3 N–H and O–H groups in total. The number of halogens is 4. The van der Waals surface area contributed by atoms with Crippen LogP contribution in [0.3, 0.4) is 0 Å². The van der Waals surface area contributed by atoms with Crippen molar-refractivity contribution in [2.75, 3.05) is 26.2 Å². The Labute approximate surface area is 154 Å². The van der Waals surface area contributed by atoms with Gasteiger partial charge in [0.15, 0.2) is 5.96 Å². The lowest BCUT2D eigenvalue weighted by Gasteiger charge is -2.18. The van der Waals surface area contributed by atoms with Crippen LogP contribution in [0.4, 0.5) is 13.2 Å². The monoisotopic (exact) mass is 450 g/mol. The normalized spacial score (nSPS) is 19.7. The second-order valence-corrected chi connectivity index (χ2v) is 6.01. The van der Waals surface area contributed by atoms with Gasteiger partial charge in [-0.15, -0.1) is 24.0 Å². The average molecular weight is 450 g/mol. The van der Waals surface area contributed by atoms with Crippen LogP contribution in [0.25, 0.3) is 0 Å². The van der Waals surface area contributed by atoms with Crippen molar-refractivity contribution in [1.29, 1.82) is 0 Å². The highest BCUT2D eigenvalue weighted by molar-refractivity contribution is 14.0. The molecule has 0 aromatic rings. The molecule has 23 heavy (non-hydrogen) atoms. The number of nitrogens with one attached hydrogen (secondary N) is 1. The Kier molecular flexibility index (Phi) is 12.0. The van der Waals surface area contributed by atoms with Gasteiger partial charge >= 0.3 is 6.18 Å². The van der Waals surface area contributed by atoms with Crippen molar-refractivity contribution in [3.8, 4) is 0 Å². The summed E-state index contributed by atoms with van der Waals surface area (Å²) in [7, 11) is 0. The summed E-state index contributed by atoms with van der Waals surface area (Å²) in [4.78, 5) is 5.65. The molecule has 8 heteroatoms. The van der Waals surface area contributed by atoms with E-state index in [1.54, 1.807) is 0 Å². The van der Waals surface area contributed by atoms with Crippen LogP contribution < -0.4 is 11.1 Å². The minimum atomic E-state index is -4.13. The number of hydrogen-bond donors (Lipinski definition) is 2. The molecular formula is C15H30F3IN4. The summed E-state index contributed by atoms with van der Waals surface area (Å²) < 4.78 is 36.9. The van der Waals surface area contributed by atoms with E-state index in [1.165, 1.54) is 30.6 Å². The van der Waals surface area contributed by atoms with Gasteiger partial charge in [-0.2, -0.15) is 13.2 Å². The topological polar surface area (TPSA) is 53.6 Å². The summed E-state index contributed by atoms with van der Waals surface area (Å²) in [6.45, 7) is 2.84. The molecule has 0 spiro atoms. The predicted molar refractivity (Wildman–Crippen MR) is 99.3 cm³/mol. The molecule has 1 saturated heterocycles. The van der Waals surface area contributed by atoms with Crippen molar-refractivity contribution < 1.29 is 13.2 Å². The van der Waals surface area contributed by atoms with Gasteiger partial charge in [-0.25, -0.2) is 0 Å². The van der Waals surface area contributed by atoms with Gasteiger partial charge in [0, 0.05) is 25.7 Å².